The summed E-state index contributed by atoms with van der Waals surface area (Å²) in [5.41, 5.74) is 0.693. The van der Waals surface area contributed by atoms with E-state index in [0.29, 0.717) is 24.1 Å². The molecule has 2 aromatic rings. The molecule has 0 spiro atoms. The van der Waals surface area contributed by atoms with Crippen LogP contribution in [0.3, 0.4) is 0 Å². The fourth-order valence-corrected chi connectivity index (χ4v) is 4.27. The first-order valence-corrected chi connectivity index (χ1v) is 9.71. The summed E-state index contributed by atoms with van der Waals surface area (Å²) >= 11 is 3.92. The number of phenols is 1. The molecule has 0 aliphatic carbocycles. The topological polar surface area (TPSA) is 95.9 Å². The molecule has 138 valence electrons. The number of imide groups is 2. The van der Waals surface area contributed by atoms with Crippen LogP contribution in [0.1, 0.15) is 5.56 Å². The lowest BCUT2D eigenvalue weighted by Gasteiger charge is -2.26. The van der Waals surface area contributed by atoms with Gasteiger partial charge in [-0.15, -0.1) is 0 Å². The average Bonchev–Trinajstić information content (AvgIpc) is 2.63. The number of phenolic OH excluding ortho intramolecular Hbond substituents is 1. The zero-order valence-electron chi connectivity index (χ0n) is 13.8. The van der Waals surface area contributed by atoms with E-state index in [-0.39, 0.29) is 11.3 Å². The maximum atomic E-state index is 12.8. The number of halogens is 2. The SMILES string of the molecule is COc1ccc(N2C(=O)NC(=O)/C(=C\c3cc(I)c(O)c(I)c3)C2=O)cc1. The van der Waals surface area contributed by atoms with E-state index in [2.05, 4.69) is 5.32 Å². The van der Waals surface area contributed by atoms with Gasteiger partial charge in [-0.05, 0) is 93.2 Å². The Bertz CT molecular complexity index is 963. The van der Waals surface area contributed by atoms with Gasteiger partial charge in [-0.25, -0.2) is 9.69 Å². The van der Waals surface area contributed by atoms with Crippen LogP contribution < -0.4 is 15.0 Å². The van der Waals surface area contributed by atoms with Crippen LogP contribution in [0, 0.1) is 7.14 Å². The predicted molar refractivity (Wildman–Crippen MR) is 116 cm³/mol. The van der Waals surface area contributed by atoms with E-state index in [4.69, 9.17) is 4.74 Å². The lowest BCUT2D eigenvalue weighted by atomic mass is 10.1. The van der Waals surface area contributed by atoms with Crippen molar-refractivity contribution in [3.05, 3.63) is 54.7 Å². The van der Waals surface area contributed by atoms with Crippen molar-refractivity contribution in [3.63, 3.8) is 0 Å². The van der Waals surface area contributed by atoms with E-state index in [1.54, 1.807) is 36.4 Å². The third kappa shape index (κ3) is 3.93. The fourth-order valence-electron chi connectivity index (χ4n) is 2.46. The molecule has 1 saturated heterocycles. The number of ether oxygens (including phenoxy) is 1. The first kappa shape index (κ1) is 19.6. The quantitative estimate of drug-likeness (QED) is 0.326. The summed E-state index contributed by atoms with van der Waals surface area (Å²) in [7, 11) is 1.51. The number of hydrogen-bond acceptors (Lipinski definition) is 5. The van der Waals surface area contributed by atoms with Crippen LogP contribution in [0.5, 0.6) is 11.5 Å². The van der Waals surface area contributed by atoms with Gasteiger partial charge in [-0.1, -0.05) is 0 Å². The Hall–Kier alpha value is -2.15. The molecule has 1 aliphatic rings. The highest BCUT2D eigenvalue weighted by molar-refractivity contribution is 14.1. The van der Waals surface area contributed by atoms with Crippen molar-refractivity contribution in [2.24, 2.45) is 0 Å². The van der Waals surface area contributed by atoms with Gasteiger partial charge in [-0.3, -0.25) is 14.9 Å². The highest BCUT2D eigenvalue weighted by Crippen LogP contribution is 2.29. The summed E-state index contributed by atoms with van der Waals surface area (Å²) in [6, 6.07) is 8.79. The first-order chi connectivity index (χ1) is 12.8. The number of rotatable bonds is 3. The minimum absolute atomic E-state index is 0.132. The summed E-state index contributed by atoms with van der Waals surface area (Å²) in [6.07, 6.45) is 1.39. The summed E-state index contributed by atoms with van der Waals surface area (Å²) in [6.45, 7) is 0. The van der Waals surface area contributed by atoms with Crippen molar-refractivity contribution in [3.8, 4) is 11.5 Å². The number of nitrogens with one attached hydrogen (secondary N) is 1. The average molecular weight is 590 g/mol. The molecule has 7 nitrogen and oxygen atoms in total. The van der Waals surface area contributed by atoms with Gasteiger partial charge in [0.1, 0.15) is 17.1 Å². The molecule has 0 aromatic heterocycles. The van der Waals surface area contributed by atoms with Crippen LogP contribution in [0.15, 0.2) is 42.0 Å². The Balaban J connectivity index is 2.01. The molecule has 0 unspecified atom stereocenters. The molecule has 4 amide bonds. The van der Waals surface area contributed by atoms with Gasteiger partial charge in [0, 0.05) is 0 Å². The maximum Gasteiger partial charge on any atom is 0.335 e. The van der Waals surface area contributed by atoms with Gasteiger partial charge in [-0.2, -0.15) is 0 Å². The molecule has 1 aliphatic heterocycles. The molecule has 9 heteroatoms. The van der Waals surface area contributed by atoms with Crippen LogP contribution in [-0.4, -0.2) is 30.1 Å². The van der Waals surface area contributed by atoms with Crippen molar-refractivity contribution in [2.75, 3.05) is 12.0 Å². The number of hydrogen-bond donors (Lipinski definition) is 2. The van der Waals surface area contributed by atoms with E-state index in [9.17, 15) is 19.5 Å². The van der Waals surface area contributed by atoms with Gasteiger partial charge in [0.05, 0.1) is 19.9 Å². The number of aromatic hydroxyl groups is 1. The van der Waals surface area contributed by atoms with E-state index in [0.717, 1.165) is 4.90 Å². The number of carbonyl (C=O) groups excluding carboxylic acids is 3. The van der Waals surface area contributed by atoms with Gasteiger partial charge < -0.3 is 9.84 Å². The third-order valence-electron chi connectivity index (χ3n) is 3.78. The zero-order chi connectivity index (χ0) is 19.7. The zero-order valence-corrected chi connectivity index (χ0v) is 18.1. The monoisotopic (exact) mass is 590 g/mol. The molecular formula is C18H12I2N2O5. The molecule has 0 bridgehead atoms. The number of amides is 4. The lowest BCUT2D eigenvalue weighted by Crippen LogP contribution is -2.54. The van der Waals surface area contributed by atoms with Crippen LogP contribution in [0.25, 0.3) is 6.08 Å². The van der Waals surface area contributed by atoms with Gasteiger partial charge in [0.25, 0.3) is 11.8 Å². The third-order valence-corrected chi connectivity index (χ3v) is 5.43. The molecule has 3 rings (SSSR count). The summed E-state index contributed by atoms with van der Waals surface area (Å²) in [4.78, 5) is 38.1. The molecule has 27 heavy (non-hydrogen) atoms. The molecule has 1 heterocycles. The fraction of sp³-hybridized carbons (Fsp3) is 0.0556. The minimum atomic E-state index is -0.817. The second-order valence-corrected chi connectivity index (χ2v) is 7.81. The number of carbonyl (C=O) groups is 3. The number of nitrogens with zero attached hydrogens (tertiary/aromatic N) is 1. The van der Waals surface area contributed by atoms with Crippen molar-refractivity contribution in [1.82, 2.24) is 5.32 Å². The van der Waals surface area contributed by atoms with Gasteiger partial charge in [0.2, 0.25) is 0 Å². The standard InChI is InChI=1S/C18H12I2N2O5/c1-27-11-4-2-10(3-5-11)22-17(25)12(16(24)21-18(22)26)6-9-7-13(19)15(23)14(20)8-9/h2-8,23H,1H3,(H,21,24,26)/b12-6+. The summed E-state index contributed by atoms with van der Waals surface area (Å²) < 4.78 is 6.23. The van der Waals surface area contributed by atoms with Gasteiger partial charge >= 0.3 is 6.03 Å². The Morgan fingerprint density at radius 1 is 1.07 bits per heavy atom. The normalized spacial score (nSPS) is 15.9. The molecule has 0 atom stereocenters. The minimum Gasteiger partial charge on any atom is -0.506 e. The van der Waals surface area contributed by atoms with E-state index >= 15 is 0 Å². The van der Waals surface area contributed by atoms with Crippen LogP contribution in [0.2, 0.25) is 0 Å². The Kier molecular flexibility index (Phi) is 5.69. The molecule has 0 radical (unpaired) electrons. The van der Waals surface area contributed by atoms with Crippen molar-refractivity contribution < 1.29 is 24.2 Å². The number of methoxy groups -OCH3 is 1. The molecule has 1 fully saturated rings. The Morgan fingerprint density at radius 2 is 1.67 bits per heavy atom. The van der Waals surface area contributed by atoms with Crippen molar-refractivity contribution in [2.45, 2.75) is 0 Å². The number of benzene rings is 2. The lowest BCUT2D eigenvalue weighted by molar-refractivity contribution is -0.122. The summed E-state index contributed by atoms with van der Waals surface area (Å²) in [5, 5.41) is 12.0. The number of barbiturate groups is 1. The highest BCUT2D eigenvalue weighted by Gasteiger charge is 2.36. The number of urea groups is 1. The Labute approximate surface area is 181 Å². The number of anilines is 1. The first-order valence-electron chi connectivity index (χ1n) is 7.55. The summed E-state index contributed by atoms with van der Waals surface area (Å²) in [5.74, 6) is -0.795. The smallest absolute Gasteiger partial charge is 0.335 e. The van der Waals surface area contributed by atoms with Crippen LogP contribution in [-0.2, 0) is 9.59 Å². The largest absolute Gasteiger partial charge is 0.506 e. The molecular weight excluding hydrogens is 578 g/mol. The van der Waals surface area contributed by atoms with Crippen molar-refractivity contribution in [1.29, 1.82) is 0 Å². The second kappa shape index (κ2) is 7.84. The second-order valence-electron chi connectivity index (χ2n) is 5.49. The molecule has 2 aromatic carbocycles. The maximum absolute atomic E-state index is 12.8. The van der Waals surface area contributed by atoms with E-state index in [1.807, 2.05) is 45.2 Å². The molecule has 2 N–H and O–H groups in total. The van der Waals surface area contributed by atoms with Gasteiger partial charge in [0.15, 0.2) is 0 Å². The highest BCUT2D eigenvalue weighted by atomic mass is 127. The molecule has 0 saturated carbocycles. The Morgan fingerprint density at radius 3 is 2.22 bits per heavy atom. The van der Waals surface area contributed by atoms with Crippen LogP contribution in [0.4, 0.5) is 10.5 Å². The van der Waals surface area contributed by atoms with Crippen molar-refractivity contribution >= 4 is 74.8 Å². The van der Waals surface area contributed by atoms with E-state index in [1.165, 1.54) is 13.2 Å². The van der Waals surface area contributed by atoms with Crippen LogP contribution >= 0.6 is 45.2 Å². The predicted octanol–water partition coefficient (Wildman–Crippen LogP) is 3.28. The van der Waals surface area contributed by atoms with E-state index < -0.39 is 17.8 Å².